The number of allylic oxidation sites excluding steroid dienone is 2. The molecule has 0 amide bonds. The molecule has 24 heavy (non-hydrogen) atoms. The Morgan fingerprint density at radius 2 is 1.88 bits per heavy atom. The molecular weight excluding hydrogens is 367 g/mol. The van der Waals surface area contributed by atoms with Crippen LogP contribution in [0.15, 0.2) is 55.5 Å². The number of nitrogens with one attached hydrogen (secondary N) is 1. The van der Waals surface area contributed by atoms with E-state index in [2.05, 4.69) is 25.1 Å². The summed E-state index contributed by atoms with van der Waals surface area (Å²) in [5.41, 5.74) is -1.45. The number of hydrogen-bond donors (Lipinski definition) is 1. The summed E-state index contributed by atoms with van der Waals surface area (Å²) in [5.74, 6) is -0.943. The van der Waals surface area contributed by atoms with Crippen LogP contribution in [0.3, 0.4) is 0 Å². The number of benzene rings is 1. The maximum absolute atomic E-state index is 14.1. The van der Waals surface area contributed by atoms with E-state index in [9.17, 15) is 17.6 Å². The zero-order chi connectivity index (χ0) is 18.7. The fraction of sp³-hybridized carbons (Fsp3) is 0.125. The van der Waals surface area contributed by atoms with E-state index in [-0.39, 0.29) is 27.0 Å². The topological polar surface area (TPSA) is 15.3 Å². The summed E-state index contributed by atoms with van der Waals surface area (Å²) in [4.78, 5) is 0.630. The third kappa shape index (κ3) is 4.79. The van der Waals surface area contributed by atoms with Gasteiger partial charge in [0.05, 0.1) is 10.7 Å². The molecule has 2 nitrogen and oxygen atoms in total. The van der Waals surface area contributed by atoms with Crippen molar-refractivity contribution in [3.63, 3.8) is 0 Å². The molecule has 0 atom stereocenters. The largest absolute Gasteiger partial charge is 0.431 e. The van der Waals surface area contributed by atoms with Crippen molar-refractivity contribution in [2.75, 3.05) is 11.9 Å². The summed E-state index contributed by atoms with van der Waals surface area (Å²) in [6.45, 7) is 10.2. The van der Waals surface area contributed by atoms with Crippen molar-refractivity contribution in [3.05, 3.63) is 71.9 Å². The highest BCUT2D eigenvalue weighted by atomic mass is 35.5. The molecule has 0 aliphatic rings. The summed E-state index contributed by atoms with van der Waals surface area (Å²) in [5, 5.41) is 2.35. The van der Waals surface area contributed by atoms with Crippen molar-refractivity contribution >= 4 is 33.9 Å². The van der Waals surface area contributed by atoms with Gasteiger partial charge in [0, 0.05) is 23.3 Å². The molecule has 0 spiro atoms. The van der Waals surface area contributed by atoms with Gasteiger partial charge in [-0.2, -0.15) is 13.2 Å². The summed E-state index contributed by atoms with van der Waals surface area (Å²) in [6.07, 6.45) is -2.86. The van der Waals surface area contributed by atoms with Crippen LogP contribution in [0.2, 0.25) is 5.02 Å². The Morgan fingerprint density at radius 3 is 2.33 bits per heavy atom. The second-order valence-corrected chi connectivity index (χ2v) is 5.51. The van der Waals surface area contributed by atoms with Crippen LogP contribution in [0.1, 0.15) is 5.56 Å². The third-order valence-corrected chi connectivity index (χ3v) is 3.46. The number of alkyl halides is 3. The van der Waals surface area contributed by atoms with Gasteiger partial charge in [-0.1, -0.05) is 42.9 Å². The lowest BCUT2D eigenvalue weighted by Crippen LogP contribution is -2.30. The fourth-order valence-corrected chi connectivity index (χ4v) is 2.31. The molecule has 0 aliphatic heterocycles. The lowest BCUT2D eigenvalue weighted by atomic mass is 10.1. The van der Waals surface area contributed by atoms with E-state index >= 15 is 0 Å². The minimum absolute atomic E-state index is 0.0232. The number of anilines is 1. The average molecular weight is 381 g/mol. The zero-order valence-corrected chi connectivity index (χ0v) is 14.2. The van der Waals surface area contributed by atoms with Crippen molar-refractivity contribution in [1.29, 1.82) is 0 Å². The van der Waals surface area contributed by atoms with E-state index in [4.69, 9.17) is 23.2 Å². The van der Waals surface area contributed by atoms with Crippen LogP contribution < -0.4 is 10.2 Å². The minimum Gasteiger partial charge on any atom is -0.363 e. The quantitative estimate of drug-likeness (QED) is 0.494. The first-order chi connectivity index (χ1) is 11.0. The van der Waals surface area contributed by atoms with E-state index in [1.165, 1.54) is 6.20 Å². The van der Waals surface area contributed by atoms with Gasteiger partial charge in [-0.3, -0.25) is 0 Å². The highest BCUT2D eigenvalue weighted by Gasteiger charge is 2.37. The SMILES string of the molecule is C=CNC(=C)/C=C(\N(C)c1cc(C(=C)Cl)c(Cl)cc1F)C(F)(F)F. The summed E-state index contributed by atoms with van der Waals surface area (Å²) in [7, 11) is 1.06. The number of halogens is 6. The highest BCUT2D eigenvalue weighted by molar-refractivity contribution is 6.50. The first kappa shape index (κ1) is 20.1. The molecule has 0 saturated heterocycles. The molecule has 1 rings (SSSR count). The predicted octanol–water partition coefficient (Wildman–Crippen LogP) is 5.82. The highest BCUT2D eigenvalue weighted by Crippen LogP contribution is 2.37. The molecule has 1 N–H and O–H groups in total. The van der Waals surface area contributed by atoms with E-state index in [0.29, 0.717) is 4.90 Å². The smallest absolute Gasteiger partial charge is 0.363 e. The van der Waals surface area contributed by atoms with E-state index in [1.807, 2.05) is 0 Å². The minimum atomic E-state index is -4.76. The van der Waals surface area contributed by atoms with Crippen LogP contribution in [-0.4, -0.2) is 13.2 Å². The Kier molecular flexibility index (Phi) is 6.51. The van der Waals surface area contributed by atoms with Gasteiger partial charge in [0.1, 0.15) is 11.5 Å². The van der Waals surface area contributed by atoms with Gasteiger partial charge in [0.2, 0.25) is 0 Å². The average Bonchev–Trinajstić information content (AvgIpc) is 2.43. The first-order valence-electron chi connectivity index (χ1n) is 6.41. The van der Waals surface area contributed by atoms with Crippen LogP contribution in [0.4, 0.5) is 23.2 Å². The fourth-order valence-electron chi connectivity index (χ4n) is 1.84. The maximum atomic E-state index is 14.1. The van der Waals surface area contributed by atoms with E-state index in [0.717, 1.165) is 25.3 Å². The Hall–Kier alpha value is -1.92. The Labute approximate surface area is 147 Å². The molecule has 1 aromatic carbocycles. The Bertz CT molecular complexity index is 709. The molecule has 130 valence electrons. The second kappa shape index (κ2) is 7.77. The molecule has 8 heteroatoms. The molecule has 0 radical (unpaired) electrons. The van der Waals surface area contributed by atoms with Gasteiger partial charge < -0.3 is 10.2 Å². The van der Waals surface area contributed by atoms with Crippen molar-refractivity contribution in [3.8, 4) is 0 Å². The van der Waals surface area contributed by atoms with E-state index < -0.39 is 17.7 Å². The molecule has 0 unspecified atom stereocenters. The summed E-state index contributed by atoms with van der Waals surface area (Å²) >= 11 is 11.6. The van der Waals surface area contributed by atoms with Crippen LogP contribution in [-0.2, 0) is 0 Å². The Balaban J connectivity index is 3.47. The van der Waals surface area contributed by atoms with Gasteiger partial charge in [0.15, 0.2) is 0 Å². The van der Waals surface area contributed by atoms with Gasteiger partial charge in [-0.05, 0) is 24.4 Å². The van der Waals surface area contributed by atoms with Crippen molar-refractivity contribution in [2.45, 2.75) is 6.18 Å². The molecule has 0 bridgehead atoms. The monoisotopic (exact) mass is 380 g/mol. The maximum Gasteiger partial charge on any atom is 0.431 e. The number of rotatable bonds is 6. The van der Waals surface area contributed by atoms with Crippen molar-refractivity contribution in [1.82, 2.24) is 5.32 Å². The third-order valence-electron chi connectivity index (χ3n) is 2.94. The lowest BCUT2D eigenvalue weighted by Gasteiger charge is -2.26. The van der Waals surface area contributed by atoms with Gasteiger partial charge in [0.25, 0.3) is 0 Å². The van der Waals surface area contributed by atoms with Crippen LogP contribution >= 0.6 is 23.2 Å². The van der Waals surface area contributed by atoms with Gasteiger partial charge in [-0.25, -0.2) is 4.39 Å². The van der Waals surface area contributed by atoms with Crippen molar-refractivity contribution in [2.24, 2.45) is 0 Å². The molecular formula is C16H14Cl2F4N2. The first-order valence-corrected chi connectivity index (χ1v) is 7.17. The lowest BCUT2D eigenvalue weighted by molar-refractivity contribution is -0.0930. The second-order valence-electron chi connectivity index (χ2n) is 4.65. The normalized spacial score (nSPS) is 11.9. The molecule has 1 aromatic rings. The Morgan fingerprint density at radius 1 is 1.29 bits per heavy atom. The van der Waals surface area contributed by atoms with Crippen LogP contribution in [0.25, 0.3) is 5.03 Å². The van der Waals surface area contributed by atoms with E-state index in [1.54, 1.807) is 0 Å². The van der Waals surface area contributed by atoms with Gasteiger partial charge in [-0.15, -0.1) is 0 Å². The summed E-state index contributed by atoms with van der Waals surface area (Å²) in [6, 6.07) is 1.97. The molecule has 0 heterocycles. The summed E-state index contributed by atoms with van der Waals surface area (Å²) < 4.78 is 54.1. The predicted molar refractivity (Wildman–Crippen MR) is 91.3 cm³/mol. The molecule has 0 saturated carbocycles. The zero-order valence-electron chi connectivity index (χ0n) is 12.6. The molecule has 0 aliphatic carbocycles. The van der Waals surface area contributed by atoms with Crippen LogP contribution in [0.5, 0.6) is 0 Å². The molecule has 0 fully saturated rings. The van der Waals surface area contributed by atoms with Gasteiger partial charge >= 0.3 is 6.18 Å². The van der Waals surface area contributed by atoms with Crippen LogP contribution in [0, 0.1) is 5.82 Å². The molecule has 0 aromatic heterocycles. The number of hydrogen-bond acceptors (Lipinski definition) is 2. The number of nitrogens with zero attached hydrogens (tertiary/aromatic N) is 1. The standard InChI is InChI=1S/C16H14Cl2F4N2/c1-5-23-9(2)6-15(16(20,21)22)24(4)14-7-11(10(3)17)12(18)8-13(14)19/h5-8,23H,1-3H2,4H3/b15-6-. The van der Waals surface area contributed by atoms with Crippen molar-refractivity contribution < 1.29 is 17.6 Å².